The van der Waals surface area contributed by atoms with Crippen LogP contribution in [0.25, 0.3) is 0 Å². The van der Waals surface area contributed by atoms with E-state index in [1.807, 2.05) is 18.2 Å². The molecular weight excluding hydrogens is 350 g/mol. The second-order valence-corrected chi connectivity index (χ2v) is 9.80. The van der Waals surface area contributed by atoms with Crippen LogP contribution in [-0.2, 0) is 21.2 Å². The minimum Gasteiger partial charge on any atom is -0.353 e. The normalized spacial score (nSPS) is 23.7. The third-order valence-electron chi connectivity index (χ3n) is 5.76. The number of carbonyl (C=O) groups excluding carboxylic acids is 1. The number of rotatable bonds is 6. The summed E-state index contributed by atoms with van der Waals surface area (Å²) in [5.41, 5.74) is 1.26. The summed E-state index contributed by atoms with van der Waals surface area (Å²) < 4.78 is 23.4. The zero-order valence-electron chi connectivity index (χ0n) is 15.4. The monoisotopic (exact) mass is 379 g/mol. The lowest BCUT2D eigenvalue weighted by molar-refractivity contribution is -0.124. The molecule has 144 valence electrons. The van der Waals surface area contributed by atoms with Gasteiger partial charge in [-0.2, -0.15) is 0 Å². The van der Waals surface area contributed by atoms with Crippen molar-refractivity contribution in [3.63, 3.8) is 0 Å². The molecule has 2 aliphatic heterocycles. The van der Waals surface area contributed by atoms with Crippen molar-refractivity contribution in [2.75, 3.05) is 32.4 Å². The fourth-order valence-corrected chi connectivity index (χ4v) is 5.48. The predicted molar refractivity (Wildman–Crippen MR) is 103 cm³/mol. The summed E-state index contributed by atoms with van der Waals surface area (Å²) in [6.07, 6.45) is 4.01. The van der Waals surface area contributed by atoms with Crippen LogP contribution < -0.4 is 10.6 Å². The number of hydrogen-bond acceptors (Lipinski definition) is 5. The highest BCUT2D eigenvalue weighted by molar-refractivity contribution is 7.92. The van der Waals surface area contributed by atoms with Crippen molar-refractivity contribution >= 4 is 15.7 Å². The minimum atomic E-state index is -3.46. The Balaban J connectivity index is 1.62. The van der Waals surface area contributed by atoms with E-state index in [4.69, 9.17) is 0 Å². The van der Waals surface area contributed by atoms with E-state index in [1.165, 1.54) is 11.8 Å². The van der Waals surface area contributed by atoms with Crippen LogP contribution in [0.3, 0.4) is 0 Å². The average Bonchev–Trinajstić information content (AvgIpc) is 3.07. The first kappa shape index (κ1) is 19.3. The van der Waals surface area contributed by atoms with Crippen molar-refractivity contribution in [1.82, 2.24) is 15.5 Å². The third-order valence-corrected chi connectivity index (χ3v) is 7.77. The number of nitrogens with zero attached hydrogens (tertiary/aromatic N) is 1. The maximum Gasteiger partial charge on any atom is 0.241 e. The van der Waals surface area contributed by atoms with Gasteiger partial charge >= 0.3 is 0 Å². The molecule has 1 aromatic carbocycles. The molecule has 0 saturated carbocycles. The lowest BCUT2D eigenvalue weighted by Crippen LogP contribution is -2.58. The topological polar surface area (TPSA) is 78.5 Å². The van der Waals surface area contributed by atoms with Crippen LogP contribution in [0.2, 0.25) is 0 Å². The molecule has 0 bridgehead atoms. The van der Waals surface area contributed by atoms with Crippen LogP contribution >= 0.6 is 0 Å². The third kappa shape index (κ3) is 4.10. The number of carbonyl (C=O) groups is 1. The van der Waals surface area contributed by atoms with E-state index < -0.39 is 14.6 Å². The molecule has 7 heteroatoms. The lowest BCUT2D eigenvalue weighted by Gasteiger charge is -2.35. The van der Waals surface area contributed by atoms with Crippen molar-refractivity contribution < 1.29 is 13.2 Å². The molecule has 1 atom stereocenters. The van der Waals surface area contributed by atoms with Crippen molar-refractivity contribution in [3.05, 3.63) is 35.9 Å². The van der Waals surface area contributed by atoms with Gasteiger partial charge in [-0.1, -0.05) is 30.3 Å². The summed E-state index contributed by atoms with van der Waals surface area (Å²) in [5, 5.41) is 6.12. The Morgan fingerprint density at radius 2 is 1.96 bits per heavy atom. The molecule has 3 rings (SSSR count). The Kier molecular flexibility index (Phi) is 5.99. The molecule has 1 unspecified atom stereocenters. The fraction of sp³-hybridized carbons (Fsp3) is 0.632. The SMILES string of the molecule is CS(=O)(=O)C1(C(=O)NCC2CCCN2Cc2ccccc2)CCNCC1. The van der Waals surface area contributed by atoms with E-state index in [2.05, 4.69) is 27.7 Å². The Labute approximate surface area is 156 Å². The molecule has 0 spiro atoms. The second-order valence-electron chi connectivity index (χ2n) is 7.48. The summed E-state index contributed by atoms with van der Waals surface area (Å²) in [6, 6.07) is 10.6. The lowest BCUT2D eigenvalue weighted by atomic mass is 9.95. The predicted octanol–water partition coefficient (Wildman–Crippen LogP) is 0.934. The number of benzene rings is 1. The van der Waals surface area contributed by atoms with Gasteiger partial charge in [0.1, 0.15) is 0 Å². The zero-order chi connectivity index (χ0) is 18.6. The maximum absolute atomic E-state index is 12.9. The first-order valence-corrected chi connectivity index (χ1v) is 11.3. The quantitative estimate of drug-likeness (QED) is 0.769. The van der Waals surface area contributed by atoms with Gasteiger partial charge in [-0.15, -0.1) is 0 Å². The second kappa shape index (κ2) is 8.06. The van der Waals surface area contributed by atoms with Crippen molar-refractivity contribution in [2.24, 2.45) is 0 Å². The number of nitrogens with one attached hydrogen (secondary N) is 2. The fourth-order valence-electron chi connectivity index (χ4n) is 4.12. The molecule has 1 aromatic rings. The van der Waals surface area contributed by atoms with Gasteiger partial charge in [0.25, 0.3) is 0 Å². The molecule has 0 aliphatic carbocycles. The van der Waals surface area contributed by atoms with Gasteiger partial charge in [-0.25, -0.2) is 8.42 Å². The summed E-state index contributed by atoms with van der Waals surface area (Å²) in [5.74, 6) is -0.326. The minimum absolute atomic E-state index is 0.262. The summed E-state index contributed by atoms with van der Waals surface area (Å²) >= 11 is 0. The van der Waals surface area contributed by atoms with Crippen molar-refractivity contribution in [3.8, 4) is 0 Å². The van der Waals surface area contributed by atoms with Gasteiger partial charge in [-0.05, 0) is 50.9 Å². The average molecular weight is 380 g/mol. The molecule has 0 aromatic heterocycles. The van der Waals surface area contributed by atoms with E-state index in [0.29, 0.717) is 32.5 Å². The zero-order valence-corrected chi connectivity index (χ0v) is 16.2. The Bertz CT molecular complexity index is 715. The van der Waals surface area contributed by atoms with Gasteiger partial charge in [0.15, 0.2) is 14.6 Å². The molecule has 6 nitrogen and oxygen atoms in total. The highest BCUT2D eigenvalue weighted by Gasteiger charge is 2.48. The van der Waals surface area contributed by atoms with Gasteiger partial charge in [-0.3, -0.25) is 9.69 Å². The molecule has 2 aliphatic rings. The first-order valence-electron chi connectivity index (χ1n) is 9.39. The van der Waals surface area contributed by atoms with Crippen LogP contribution in [0.4, 0.5) is 0 Å². The van der Waals surface area contributed by atoms with Crippen LogP contribution in [0, 0.1) is 0 Å². The molecule has 2 heterocycles. The first-order chi connectivity index (χ1) is 12.4. The largest absolute Gasteiger partial charge is 0.353 e. The van der Waals surface area contributed by atoms with Crippen LogP contribution in [0.5, 0.6) is 0 Å². The summed E-state index contributed by atoms with van der Waals surface area (Å²) in [7, 11) is -3.46. The molecule has 2 saturated heterocycles. The maximum atomic E-state index is 12.9. The highest BCUT2D eigenvalue weighted by atomic mass is 32.2. The standard InChI is InChI=1S/C19H29N3O3S/c1-26(24,25)19(9-11-20-12-10-19)18(23)21-14-17-8-5-13-22(17)15-16-6-3-2-4-7-16/h2-4,6-7,17,20H,5,8-15H2,1H3,(H,21,23). The number of amides is 1. The smallest absolute Gasteiger partial charge is 0.241 e. The van der Waals surface area contributed by atoms with Crippen molar-refractivity contribution in [1.29, 1.82) is 0 Å². The highest BCUT2D eigenvalue weighted by Crippen LogP contribution is 2.28. The van der Waals surface area contributed by atoms with Crippen LogP contribution in [-0.4, -0.2) is 62.4 Å². The van der Waals surface area contributed by atoms with Crippen molar-refractivity contribution in [2.45, 2.75) is 43.0 Å². The number of piperidine rings is 1. The number of sulfone groups is 1. The molecule has 2 N–H and O–H groups in total. The van der Waals surface area contributed by atoms with E-state index in [9.17, 15) is 13.2 Å². The van der Waals surface area contributed by atoms with Gasteiger partial charge in [0.05, 0.1) is 0 Å². The molecule has 26 heavy (non-hydrogen) atoms. The van der Waals surface area contributed by atoms with Gasteiger partial charge < -0.3 is 10.6 Å². The van der Waals surface area contributed by atoms with E-state index >= 15 is 0 Å². The molecule has 2 fully saturated rings. The molecule has 0 radical (unpaired) electrons. The Morgan fingerprint density at radius 3 is 2.62 bits per heavy atom. The molecular formula is C19H29N3O3S. The van der Waals surface area contributed by atoms with E-state index in [1.54, 1.807) is 0 Å². The number of likely N-dealkylation sites (tertiary alicyclic amines) is 1. The van der Waals surface area contributed by atoms with E-state index in [0.717, 1.165) is 25.9 Å². The Morgan fingerprint density at radius 1 is 1.27 bits per heavy atom. The van der Waals surface area contributed by atoms with Gasteiger partial charge in [0.2, 0.25) is 5.91 Å². The molecule has 1 amide bonds. The number of hydrogen-bond donors (Lipinski definition) is 2. The van der Waals surface area contributed by atoms with Crippen LogP contribution in [0.1, 0.15) is 31.2 Å². The summed E-state index contributed by atoms with van der Waals surface area (Å²) in [4.78, 5) is 15.2. The van der Waals surface area contributed by atoms with E-state index in [-0.39, 0.29) is 11.9 Å². The Hall–Kier alpha value is -1.44. The van der Waals surface area contributed by atoms with Crippen LogP contribution in [0.15, 0.2) is 30.3 Å². The summed E-state index contributed by atoms with van der Waals surface area (Å²) in [6.45, 7) is 3.50. The van der Waals surface area contributed by atoms with Gasteiger partial charge in [0, 0.05) is 25.4 Å².